The molecular weight excluding hydrogens is 301 g/mol. The van der Waals surface area contributed by atoms with Crippen LogP contribution in [0.4, 0.5) is 11.5 Å². The molecule has 0 saturated heterocycles. The first kappa shape index (κ1) is 14.6. The summed E-state index contributed by atoms with van der Waals surface area (Å²) in [4.78, 5) is 14.2. The van der Waals surface area contributed by atoms with Gasteiger partial charge in [-0.25, -0.2) is 4.98 Å². The number of aromatic nitrogens is 1. The van der Waals surface area contributed by atoms with Gasteiger partial charge in [-0.05, 0) is 24.1 Å². The summed E-state index contributed by atoms with van der Waals surface area (Å²) in [5.74, 6) is 0.462. The second-order valence-corrected chi connectivity index (χ2v) is 4.91. The molecule has 0 aliphatic heterocycles. The highest BCUT2D eigenvalue weighted by Crippen LogP contribution is 2.21. The Morgan fingerprint density at radius 2 is 2.05 bits per heavy atom. The van der Waals surface area contributed by atoms with Gasteiger partial charge in [0.25, 0.3) is 5.69 Å². The van der Waals surface area contributed by atoms with Crippen LogP contribution < -0.4 is 5.32 Å². The predicted octanol–water partition coefficient (Wildman–Crippen LogP) is 3.95. The largest absolute Gasteiger partial charge is 0.370 e. The molecule has 0 saturated carbocycles. The van der Waals surface area contributed by atoms with Crippen LogP contribution in [0.5, 0.6) is 0 Å². The van der Waals surface area contributed by atoms with Crippen LogP contribution in [-0.2, 0) is 6.42 Å². The highest BCUT2D eigenvalue weighted by molar-refractivity contribution is 6.35. The molecule has 0 amide bonds. The predicted molar refractivity (Wildman–Crippen MR) is 79.5 cm³/mol. The van der Waals surface area contributed by atoms with Crippen molar-refractivity contribution in [3.05, 3.63) is 62.3 Å². The smallest absolute Gasteiger partial charge is 0.274 e. The molecule has 0 aliphatic carbocycles. The molecule has 20 heavy (non-hydrogen) atoms. The first-order chi connectivity index (χ1) is 9.56. The molecule has 1 N–H and O–H groups in total. The Hall–Kier alpha value is -1.85. The number of rotatable bonds is 5. The minimum absolute atomic E-state index is 0.00650. The number of nitro groups is 1. The van der Waals surface area contributed by atoms with E-state index < -0.39 is 4.92 Å². The van der Waals surface area contributed by atoms with E-state index in [1.165, 1.54) is 18.3 Å². The van der Waals surface area contributed by atoms with E-state index in [9.17, 15) is 10.1 Å². The number of hydrogen-bond donors (Lipinski definition) is 1. The minimum Gasteiger partial charge on any atom is -0.370 e. The van der Waals surface area contributed by atoms with E-state index in [1.807, 2.05) is 6.07 Å². The van der Waals surface area contributed by atoms with E-state index in [0.29, 0.717) is 28.8 Å². The van der Waals surface area contributed by atoms with Gasteiger partial charge in [0.1, 0.15) is 5.82 Å². The Bertz CT molecular complexity index is 635. The third-order valence-corrected chi connectivity index (χ3v) is 3.26. The Balaban J connectivity index is 1.96. The fourth-order valence-electron chi connectivity index (χ4n) is 1.68. The second-order valence-electron chi connectivity index (χ2n) is 4.07. The van der Waals surface area contributed by atoms with Crippen molar-refractivity contribution in [2.45, 2.75) is 6.42 Å². The number of nitrogens with one attached hydrogen (secondary N) is 1. The van der Waals surface area contributed by atoms with Gasteiger partial charge in [-0.3, -0.25) is 10.1 Å². The van der Waals surface area contributed by atoms with Gasteiger partial charge in [-0.15, -0.1) is 0 Å². The van der Waals surface area contributed by atoms with Gasteiger partial charge >= 0.3 is 0 Å². The molecule has 0 fully saturated rings. The average Bonchev–Trinajstić information content (AvgIpc) is 2.41. The third kappa shape index (κ3) is 3.82. The minimum atomic E-state index is -0.455. The van der Waals surface area contributed by atoms with Crippen LogP contribution in [0.3, 0.4) is 0 Å². The summed E-state index contributed by atoms with van der Waals surface area (Å²) in [6.07, 6.45) is 2.07. The fraction of sp³-hybridized carbons (Fsp3) is 0.154. The summed E-state index contributed by atoms with van der Waals surface area (Å²) in [6, 6.07) is 8.05. The second kappa shape index (κ2) is 6.54. The summed E-state index contributed by atoms with van der Waals surface area (Å²) in [6.45, 7) is 0.565. The van der Waals surface area contributed by atoms with Gasteiger partial charge in [0.2, 0.25) is 0 Å². The van der Waals surface area contributed by atoms with E-state index in [1.54, 1.807) is 12.1 Å². The van der Waals surface area contributed by atoms with Gasteiger partial charge in [-0.1, -0.05) is 29.3 Å². The lowest BCUT2D eigenvalue weighted by molar-refractivity contribution is -0.384. The SMILES string of the molecule is O=[N+]([O-])c1ccnc(NCCc2ccc(Cl)cc2Cl)c1. The third-order valence-electron chi connectivity index (χ3n) is 2.67. The monoisotopic (exact) mass is 311 g/mol. The molecule has 0 spiro atoms. The molecule has 1 aromatic carbocycles. The van der Waals surface area contributed by atoms with Crippen molar-refractivity contribution in [3.63, 3.8) is 0 Å². The van der Waals surface area contributed by atoms with Crippen LogP contribution in [-0.4, -0.2) is 16.5 Å². The summed E-state index contributed by atoms with van der Waals surface area (Å²) in [5, 5.41) is 14.9. The summed E-state index contributed by atoms with van der Waals surface area (Å²) in [7, 11) is 0. The summed E-state index contributed by atoms with van der Waals surface area (Å²) < 4.78 is 0. The zero-order valence-corrected chi connectivity index (χ0v) is 11.9. The molecule has 0 atom stereocenters. The molecule has 0 unspecified atom stereocenters. The topological polar surface area (TPSA) is 68.1 Å². The van der Waals surface area contributed by atoms with E-state index in [2.05, 4.69) is 10.3 Å². The van der Waals surface area contributed by atoms with Crippen molar-refractivity contribution in [1.82, 2.24) is 4.98 Å². The molecule has 104 valence electrons. The maximum Gasteiger partial charge on any atom is 0.274 e. The van der Waals surface area contributed by atoms with Gasteiger partial charge in [0.15, 0.2) is 0 Å². The van der Waals surface area contributed by atoms with Crippen LogP contribution in [0.25, 0.3) is 0 Å². The lowest BCUT2D eigenvalue weighted by atomic mass is 10.1. The lowest BCUT2D eigenvalue weighted by Crippen LogP contribution is -2.06. The van der Waals surface area contributed by atoms with Crippen molar-refractivity contribution >= 4 is 34.7 Å². The molecule has 1 aromatic heterocycles. The van der Waals surface area contributed by atoms with Gasteiger partial charge in [0.05, 0.1) is 11.0 Å². The maximum absolute atomic E-state index is 10.6. The lowest BCUT2D eigenvalue weighted by Gasteiger charge is -2.07. The number of halogens is 2. The summed E-state index contributed by atoms with van der Waals surface area (Å²) in [5.41, 5.74) is 0.959. The number of pyridine rings is 1. The van der Waals surface area contributed by atoms with Gasteiger partial charge < -0.3 is 5.32 Å². The maximum atomic E-state index is 10.6. The van der Waals surface area contributed by atoms with Gasteiger partial charge in [0, 0.05) is 28.9 Å². The van der Waals surface area contributed by atoms with E-state index >= 15 is 0 Å². The molecule has 5 nitrogen and oxygen atoms in total. The molecule has 0 radical (unpaired) electrons. The highest BCUT2D eigenvalue weighted by Gasteiger charge is 2.06. The van der Waals surface area contributed by atoms with Crippen molar-refractivity contribution in [2.75, 3.05) is 11.9 Å². The van der Waals surface area contributed by atoms with Crippen molar-refractivity contribution in [1.29, 1.82) is 0 Å². The molecule has 0 aliphatic rings. The fourth-order valence-corrected chi connectivity index (χ4v) is 2.18. The van der Waals surface area contributed by atoms with Crippen LogP contribution in [0, 0.1) is 10.1 Å². The van der Waals surface area contributed by atoms with E-state index in [4.69, 9.17) is 23.2 Å². The number of hydrogen-bond acceptors (Lipinski definition) is 4. The first-order valence-corrected chi connectivity index (χ1v) is 6.60. The normalized spacial score (nSPS) is 10.3. The Labute approximate surface area is 125 Å². The number of nitrogens with zero attached hydrogens (tertiary/aromatic N) is 2. The van der Waals surface area contributed by atoms with Crippen LogP contribution in [0.15, 0.2) is 36.5 Å². The van der Waals surface area contributed by atoms with Crippen molar-refractivity contribution in [3.8, 4) is 0 Å². The molecule has 7 heteroatoms. The molecular formula is C13H11Cl2N3O2. The first-order valence-electron chi connectivity index (χ1n) is 5.84. The van der Waals surface area contributed by atoms with Crippen molar-refractivity contribution in [2.24, 2.45) is 0 Å². The molecule has 2 aromatic rings. The zero-order chi connectivity index (χ0) is 14.5. The van der Waals surface area contributed by atoms with Gasteiger partial charge in [-0.2, -0.15) is 0 Å². The quantitative estimate of drug-likeness (QED) is 0.670. The number of benzene rings is 1. The van der Waals surface area contributed by atoms with E-state index in [0.717, 1.165) is 5.56 Å². The Morgan fingerprint density at radius 1 is 1.25 bits per heavy atom. The highest BCUT2D eigenvalue weighted by atomic mass is 35.5. The Kier molecular flexibility index (Phi) is 4.76. The summed E-state index contributed by atoms with van der Waals surface area (Å²) >= 11 is 11.9. The zero-order valence-electron chi connectivity index (χ0n) is 10.3. The average molecular weight is 312 g/mol. The van der Waals surface area contributed by atoms with Crippen LogP contribution in [0.1, 0.15) is 5.56 Å². The molecule has 1 heterocycles. The Morgan fingerprint density at radius 3 is 2.75 bits per heavy atom. The molecule has 2 rings (SSSR count). The molecule has 0 bridgehead atoms. The van der Waals surface area contributed by atoms with E-state index in [-0.39, 0.29) is 5.69 Å². The van der Waals surface area contributed by atoms with Crippen molar-refractivity contribution < 1.29 is 4.92 Å². The standard InChI is InChI=1S/C13H11Cl2N3O2/c14-10-2-1-9(12(15)7-10)3-5-16-13-8-11(18(19)20)4-6-17-13/h1-2,4,6-8H,3,5H2,(H,16,17). The van der Waals surface area contributed by atoms with Crippen LogP contribution >= 0.6 is 23.2 Å². The van der Waals surface area contributed by atoms with Crippen LogP contribution in [0.2, 0.25) is 10.0 Å². The number of anilines is 1.